The monoisotopic (exact) mass is 1290 g/mol. The Morgan fingerprint density at radius 2 is 1.02 bits per heavy atom. The number of anilines is 6. The van der Waals surface area contributed by atoms with Gasteiger partial charge < -0.3 is 59.9 Å². The quantitative estimate of drug-likeness (QED) is 0.0122. The summed E-state index contributed by atoms with van der Waals surface area (Å²) < 4.78 is 54.7. The van der Waals surface area contributed by atoms with Crippen LogP contribution in [-0.4, -0.2) is 144 Å². The number of carbonyl (C=O) groups excluding carboxylic acids is 4. The van der Waals surface area contributed by atoms with E-state index in [1.807, 2.05) is 79.5 Å². The number of benzene rings is 4. The zero-order valence-corrected chi connectivity index (χ0v) is 54.4. The standard InChI is InChI=1S/C32H41ClFN5O5.C20H19ClFN5O2.C13H26O3.CH4/c1-32(2,3)44-30(41)11-7-6-8-15-42-16-17-43-28-20-26-23(19-27(28)38-29(40)10-9-14-39(4)5)31(36-21-35-26)37-22-12-13-25(34)24(33)18-22;1-27(2)7-3-4-19(29)26-17-9-13-16(10-18(17)28)23-11-24-20(13)25-12-5-6-15(22)14(21)8-12;1-5-10-15-11-8-6-7-9-12(14)16-13(2,3)4;/h9-10,12-13,18-21H,6-8,11,14-17H2,1-5H3,(H,38,40)(H,35,36,37);3-6,8-11,28H,7H2,1-2H3,(H,26,29)(H,23,24,25);5-11H2,1-4H3;1H4/b10-9+;4-3+;;. The van der Waals surface area contributed by atoms with Gasteiger partial charge in [0.05, 0.1) is 39.1 Å². The maximum atomic E-state index is 13.7. The number of rotatable bonds is 30. The summed E-state index contributed by atoms with van der Waals surface area (Å²) in [5, 5.41) is 23.0. The number of likely N-dealkylation sites (N-methyl/N-ethyl adjacent to an activating group) is 2. The molecule has 20 nitrogen and oxygen atoms in total. The van der Waals surface area contributed by atoms with E-state index in [9.17, 15) is 33.1 Å². The lowest BCUT2D eigenvalue weighted by Crippen LogP contribution is -2.23. The van der Waals surface area contributed by atoms with Crippen LogP contribution in [0.5, 0.6) is 11.5 Å². The number of nitrogens with zero attached hydrogens (tertiary/aromatic N) is 6. The maximum absolute atomic E-state index is 13.7. The van der Waals surface area contributed by atoms with Gasteiger partial charge in [0.25, 0.3) is 0 Å². The first-order chi connectivity index (χ1) is 42.2. The number of unbranched alkanes of at least 4 members (excludes halogenated alkanes) is 4. The molecule has 2 aromatic heterocycles. The molecule has 6 rings (SSSR count). The molecule has 492 valence electrons. The fourth-order valence-electron chi connectivity index (χ4n) is 7.85. The summed E-state index contributed by atoms with van der Waals surface area (Å²) in [6.07, 6.45) is 16.4. The van der Waals surface area contributed by atoms with Crippen molar-refractivity contribution in [1.29, 1.82) is 0 Å². The molecule has 5 N–H and O–H groups in total. The third kappa shape index (κ3) is 30.3. The zero-order valence-electron chi connectivity index (χ0n) is 52.9. The van der Waals surface area contributed by atoms with Gasteiger partial charge in [-0.2, -0.15) is 0 Å². The van der Waals surface area contributed by atoms with Crippen LogP contribution in [0.1, 0.15) is 114 Å². The summed E-state index contributed by atoms with van der Waals surface area (Å²) in [6, 6.07) is 14.9. The number of fused-ring (bicyclic) bond motifs is 2. The van der Waals surface area contributed by atoms with Gasteiger partial charge in [-0.25, -0.2) is 28.7 Å². The van der Waals surface area contributed by atoms with E-state index in [0.717, 1.165) is 58.2 Å². The number of aromatic nitrogens is 4. The molecule has 0 aliphatic heterocycles. The highest BCUT2D eigenvalue weighted by Crippen LogP contribution is 2.35. The normalized spacial score (nSPS) is 11.4. The van der Waals surface area contributed by atoms with Crippen LogP contribution in [0.15, 0.2) is 97.6 Å². The molecule has 2 heterocycles. The van der Waals surface area contributed by atoms with E-state index in [-0.39, 0.29) is 64.9 Å². The molecule has 0 fully saturated rings. The van der Waals surface area contributed by atoms with Gasteiger partial charge in [-0.3, -0.25) is 19.2 Å². The highest BCUT2D eigenvalue weighted by Gasteiger charge is 2.19. The third-order valence-corrected chi connectivity index (χ3v) is 12.4. The predicted molar refractivity (Wildman–Crippen MR) is 356 cm³/mol. The second kappa shape index (κ2) is 39.5. The van der Waals surface area contributed by atoms with E-state index in [0.29, 0.717) is 95.4 Å². The zero-order chi connectivity index (χ0) is 65.5. The first kappa shape index (κ1) is 76.6. The number of carbonyl (C=O) groups is 4. The minimum atomic E-state index is -0.527. The predicted octanol–water partition coefficient (Wildman–Crippen LogP) is 14.4. The fourth-order valence-corrected chi connectivity index (χ4v) is 8.21. The second-order valence-corrected chi connectivity index (χ2v) is 23.7. The van der Waals surface area contributed by atoms with Gasteiger partial charge in [-0.1, -0.05) is 62.5 Å². The van der Waals surface area contributed by atoms with Crippen LogP contribution in [0.4, 0.5) is 43.2 Å². The minimum absolute atomic E-state index is 0. The molecular weight excluding hydrogens is 1200 g/mol. The first-order valence-corrected chi connectivity index (χ1v) is 30.1. The lowest BCUT2D eigenvalue weighted by atomic mass is 10.1. The molecule has 0 saturated carbocycles. The maximum Gasteiger partial charge on any atom is 0.306 e. The summed E-state index contributed by atoms with van der Waals surface area (Å²) in [5.74, 6) is -0.886. The third-order valence-electron chi connectivity index (χ3n) is 11.9. The van der Waals surface area contributed by atoms with Gasteiger partial charge in [0, 0.05) is 92.2 Å². The summed E-state index contributed by atoms with van der Waals surface area (Å²) in [6.45, 7) is 17.3. The smallest absolute Gasteiger partial charge is 0.306 e. The Labute approximate surface area is 538 Å². The van der Waals surface area contributed by atoms with Gasteiger partial charge in [-0.05, 0) is 150 Å². The van der Waals surface area contributed by atoms with Crippen LogP contribution in [0.25, 0.3) is 21.8 Å². The highest BCUT2D eigenvalue weighted by molar-refractivity contribution is 6.31. The van der Waals surface area contributed by atoms with Crippen LogP contribution in [0, 0.1) is 11.6 Å². The molecule has 0 atom stereocenters. The lowest BCUT2D eigenvalue weighted by molar-refractivity contribution is -0.156. The van der Waals surface area contributed by atoms with E-state index in [1.54, 1.807) is 36.4 Å². The van der Waals surface area contributed by atoms with Gasteiger partial charge >= 0.3 is 11.9 Å². The molecule has 24 heteroatoms. The number of aromatic hydroxyl groups is 1. The minimum Gasteiger partial charge on any atom is -0.506 e. The number of esters is 2. The molecule has 0 unspecified atom stereocenters. The Kier molecular flexibility index (Phi) is 33.6. The molecular formula is C66H90Cl2F2N10O10. The van der Waals surface area contributed by atoms with Crippen LogP contribution in [-0.2, 0) is 38.1 Å². The average Bonchev–Trinajstić information content (AvgIpc) is 0.832. The molecule has 0 saturated heterocycles. The SMILES string of the molecule is C.CCCOCCCCCC(=O)OC(C)(C)C.CN(C)C/C=C/C(=O)Nc1cc2c(Nc3ccc(F)c(Cl)c3)ncnc2cc1O.CN(C)C/C=C/C(=O)Nc1cc2c(Nc3ccc(F)c(Cl)c3)ncnc2cc1OCCOCCCCCC(=O)OC(C)(C)C. The summed E-state index contributed by atoms with van der Waals surface area (Å²) >= 11 is 11.8. The van der Waals surface area contributed by atoms with Crippen LogP contribution in [0.2, 0.25) is 10.0 Å². The van der Waals surface area contributed by atoms with Crippen molar-refractivity contribution in [1.82, 2.24) is 29.7 Å². The molecule has 0 bridgehead atoms. The second-order valence-electron chi connectivity index (χ2n) is 22.9. The Morgan fingerprint density at radius 3 is 1.47 bits per heavy atom. The van der Waals surface area contributed by atoms with Crippen LogP contribution in [0.3, 0.4) is 0 Å². The van der Waals surface area contributed by atoms with Gasteiger partial charge in [-0.15, -0.1) is 0 Å². The number of hydrogen-bond donors (Lipinski definition) is 5. The number of halogens is 4. The van der Waals surface area contributed by atoms with E-state index in [4.69, 9.17) is 46.9 Å². The van der Waals surface area contributed by atoms with Crippen molar-refractivity contribution < 1.29 is 56.7 Å². The van der Waals surface area contributed by atoms with Crippen molar-refractivity contribution in [3.63, 3.8) is 0 Å². The molecule has 6 aromatic rings. The van der Waals surface area contributed by atoms with Crippen molar-refractivity contribution >= 4 is 103 Å². The van der Waals surface area contributed by atoms with Crippen LogP contribution >= 0.6 is 23.2 Å². The first-order valence-electron chi connectivity index (χ1n) is 29.4. The molecule has 0 aliphatic rings. The van der Waals surface area contributed by atoms with Crippen molar-refractivity contribution in [2.75, 3.05) is 95.6 Å². The van der Waals surface area contributed by atoms with E-state index in [2.05, 4.69) is 48.1 Å². The fraction of sp³-hybridized carbons (Fsp3) is 0.455. The average molecular weight is 1290 g/mol. The number of nitrogens with one attached hydrogen (secondary N) is 4. The molecule has 0 spiro atoms. The van der Waals surface area contributed by atoms with E-state index in [1.165, 1.54) is 61.2 Å². The van der Waals surface area contributed by atoms with Gasteiger partial charge in [0.2, 0.25) is 11.8 Å². The van der Waals surface area contributed by atoms with E-state index >= 15 is 0 Å². The van der Waals surface area contributed by atoms with Crippen molar-refractivity contribution in [3.8, 4) is 11.5 Å². The van der Waals surface area contributed by atoms with Crippen molar-refractivity contribution in [3.05, 3.63) is 119 Å². The molecule has 0 aliphatic carbocycles. The Morgan fingerprint density at radius 1 is 0.578 bits per heavy atom. The number of phenols is 1. The number of hydrogen-bond acceptors (Lipinski definition) is 18. The molecule has 90 heavy (non-hydrogen) atoms. The number of phenolic OH excluding ortho intramolecular Hbond substituents is 1. The summed E-state index contributed by atoms with van der Waals surface area (Å²) in [7, 11) is 7.60. The molecule has 0 radical (unpaired) electrons. The molecule has 4 aromatic carbocycles. The Balaban J connectivity index is 0.000000394. The summed E-state index contributed by atoms with van der Waals surface area (Å²) in [5.41, 5.74) is 1.91. The number of ether oxygens (including phenoxy) is 5. The Hall–Kier alpha value is -7.60. The number of amides is 2. The summed E-state index contributed by atoms with van der Waals surface area (Å²) in [4.78, 5) is 68.9. The van der Waals surface area contributed by atoms with E-state index < -0.39 is 17.2 Å². The van der Waals surface area contributed by atoms with Gasteiger partial charge in [0.15, 0.2) is 0 Å². The van der Waals surface area contributed by atoms with Gasteiger partial charge in [0.1, 0.15) is 65.2 Å². The lowest BCUT2D eigenvalue weighted by Gasteiger charge is -2.19. The Bertz CT molecular complexity index is 3310. The van der Waals surface area contributed by atoms with Crippen molar-refractivity contribution in [2.24, 2.45) is 0 Å². The van der Waals surface area contributed by atoms with Crippen molar-refractivity contribution in [2.45, 2.75) is 125 Å². The topological polar surface area (TPSA) is 241 Å². The highest BCUT2D eigenvalue weighted by atomic mass is 35.5. The molecule has 2 amide bonds. The van der Waals surface area contributed by atoms with Crippen LogP contribution < -0.4 is 26.0 Å². The largest absolute Gasteiger partial charge is 0.506 e.